The van der Waals surface area contributed by atoms with E-state index in [9.17, 15) is 0 Å². The summed E-state index contributed by atoms with van der Waals surface area (Å²) in [5, 5.41) is 7.80. The SMILES string of the molecule is COc1cc(OC)cc(Oc2ccc(Cl)nn2)c1. The highest BCUT2D eigenvalue weighted by atomic mass is 35.5. The van der Waals surface area contributed by atoms with E-state index >= 15 is 0 Å². The van der Waals surface area contributed by atoms with Crippen molar-refractivity contribution in [2.24, 2.45) is 0 Å². The van der Waals surface area contributed by atoms with Crippen molar-refractivity contribution in [3.8, 4) is 23.1 Å². The van der Waals surface area contributed by atoms with E-state index < -0.39 is 0 Å². The fourth-order valence-corrected chi connectivity index (χ4v) is 1.42. The Labute approximate surface area is 109 Å². The Morgan fingerprint density at radius 1 is 0.889 bits per heavy atom. The Kier molecular flexibility index (Phi) is 3.84. The van der Waals surface area contributed by atoms with Gasteiger partial charge in [0.05, 0.1) is 14.2 Å². The standard InChI is InChI=1S/C12H11ClN2O3/c1-16-8-5-9(17-2)7-10(6-8)18-12-4-3-11(13)14-15-12/h3-7H,1-2H3. The minimum Gasteiger partial charge on any atom is -0.496 e. The van der Waals surface area contributed by atoms with Crippen molar-refractivity contribution in [3.63, 3.8) is 0 Å². The van der Waals surface area contributed by atoms with Gasteiger partial charge in [0.1, 0.15) is 17.2 Å². The average Bonchev–Trinajstić information content (AvgIpc) is 2.41. The van der Waals surface area contributed by atoms with Gasteiger partial charge in [-0.15, -0.1) is 10.2 Å². The molecule has 2 aromatic rings. The number of aromatic nitrogens is 2. The van der Waals surface area contributed by atoms with E-state index in [0.717, 1.165) is 0 Å². The van der Waals surface area contributed by atoms with E-state index in [4.69, 9.17) is 25.8 Å². The number of nitrogens with zero attached hydrogens (tertiary/aromatic N) is 2. The first-order valence-electron chi connectivity index (χ1n) is 5.11. The molecule has 6 heteroatoms. The molecule has 0 amide bonds. The monoisotopic (exact) mass is 266 g/mol. The van der Waals surface area contributed by atoms with Crippen molar-refractivity contribution in [1.29, 1.82) is 0 Å². The Bertz CT molecular complexity index is 509. The highest BCUT2D eigenvalue weighted by Crippen LogP contribution is 2.29. The molecular formula is C12H11ClN2O3. The number of ether oxygens (including phenoxy) is 3. The molecule has 94 valence electrons. The van der Waals surface area contributed by atoms with E-state index in [-0.39, 0.29) is 0 Å². The van der Waals surface area contributed by atoms with Gasteiger partial charge in [0.25, 0.3) is 0 Å². The van der Waals surface area contributed by atoms with Gasteiger partial charge in [0.15, 0.2) is 5.15 Å². The van der Waals surface area contributed by atoms with Gasteiger partial charge >= 0.3 is 0 Å². The smallest absolute Gasteiger partial charge is 0.238 e. The van der Waals surface area contributed by atoms with E-state index in [0.29, 0.717) is 28.3 Å². The van der Waals surface area contributed by atoms with Crippen LogP contribution in [-0.2, 0) is 0 Å². The van der Waals surface area contributed by atoms with Crippen molar-refractivity contribution in [1.82, 2.24) is 10.2 Å². The fourth-order valence-electron chi connectivity index (χ4n) is 1.32. The first-order chi connectivity index (χ1) is 8.71. The lowest BCUT2D eigenvalue weighted by molar-refractivity contribution is 0.384. The molecule has 1 heterocycles. The van der Waals surface area contributed by atoms with Gasteiger partial charge in [-0.2, -0.15) is 0 Å². The third-order valence-corrected chi connectivity index (χ3v) is 2.36. The average molecular weight is 267 g/mol. The maximum absolute atomic E-state index is 5.64. The zero-order valence-corrected chi connectivity index (χ0v) is 10.6. The number of hydrogen-bond donors (Lipinski definition) is 0. The summed E-state index contributed by atoms with van der Waals surface area (Å²) in [6.07, 6.45) is 0. The molecule has 0 unspecified atom stereocenters. The number of halogens is 1. The van der Waals surface area contributed by atoms with Crippen molar-refractivity contribution < 1.29 is 14.2 Å². The van der Waals surface area contributed by atoms with Crippen molar-refractivity contribution in [3.05, 3.63) is 35.5 Å². The summed E-state index contributed by atoms with van der Waals surface area (Å²) in [6.45, 7) is 0. The van der Waals surface area contributed by atoms with Crippen LogP contribution in [0.15, 0.2) is 30.3 Å². The molecule has 0 atom stereocenters. The molecule has 1 aromatic heterocycles. The topological polar surface area (TPSA) is 53.5 Å². The summed E-state index contributed by atoms with van der Waals surface area (Å²) >= 11 is 5.64. The lowest BCUT2D eigenvalue weighted by Gasteiger charge is -2.08. The second-order valence-electron chi connectivity index (χ2n) is 3.34. The number of benzene rings is 1. The summed E-state index contributed by atoms with van der Waals surface area (Å²) in [7, 11) is 3.14. The van der Waals surface area contributed by atoms with Crippen LogP contribution in [0, 0.1) is 0 Å². The Morgan fingerprint density at radius 2 is 1.50 bits per heavy atom. The van der Waals surface area contributed by atoms with Crippen LogP contribution in [0.25, 0.3) is 0 Å². The maximum Gasteiger partial charge on any atom is 0.238 e. The third-order valence-electron chi connectivity index (χ3n) is 2.15. The number of hydrogen-bond acceptors (Lipinski definition) is 5. The van der Waals surface area contributed by atoms with Crippen LogP contribution in [0.1, 0.15) is 0 Å². The van der Waals surface area contributed by atoms with Crippen molar-refractivity contribution >= 4 is 11.6 Å². The molecule has 0 aliphatic rings. The van der Waals surface area contributed by atoms with Crippen molar-refractivity contribution in [2.45, 2.75) is 0 Å². The van der Waals surface area contributed by atoms with Gasteiger partial charge in [-0.3, -0.25) is 0 Å². The molecule has 0 radical (unpaired) electrons. The molecule has 0 N–H and O–H groups in total. The summed E-state index contributed by atoms with van der Waals surface area (Å²) < 4.78 is 15.8. The number of methoxy groups -OCH3 is 2. The van der Waals surface area contributed by atoms with Gasteiger partial charge < -0.3 is 14.2 Å². The Hall–Kier alpha value is -2.01. The highest BCUT2D eigenvalue weighted by Gasteiger charge is 2.05. The van der Waals surface area contributed by atoms with Gasteiger partial charge in [-0.05, 0) is 6.07 Å². The van der Waals surface area contributed by atoms with E-state index in [1.54, 1.807) is 44.6 Å². The second kappa shape index (κ2) is 5.55. The van der Waals surface area contributed by atoms with E-state index in [1.165, 1.54) is 0 Å². The predicted molar refractivity (Wildman–Crippen MR) is 66.7 cm³/mol. The summed E-state index contributed by atoms with van der Waals surface area (Å²) in [6, 6.07) is 8.42. The summed E-state index contributed by atoms with van der Waals surface area (Å²) in [4.78, 5) is 0. The van der Waals surface area contributed by atoms with Crippen LogP contribution >= 0.6 is 11.6 Å². The highest BCUT2D eigenvalue weighted by molar-refractivity contribution is 6.29. The van der Waals surface area contributed by atoms with Crippen LogP contribution in [0.4, 0.5) is 0 Å². The molecule has 0 aliphatic heterocycles. The quantitative estimate of drug-likeness (QED) is 0.852. The Balaban J connectivity index is 2.25. The molecule has 0 spiro atoms. The van der Waals surface area contributed by atoms with E-state index in [2.05, 4.69) is 10.2 Å². The molecule has 2 rings (SSSR count). The van der Waals surface area contributed by atoms with Crippen LogP contribution in [0.2, 0.25) is 5.15 Å². The molecule has 0 bridgehead atoms. The molecule has 5 nitrogen and oxygen atoms in total. The minimum absolute atomic E-state index is 0.311. The van der Waals surface area contributed by atoms with Crippen LogP contribution < -0.4 is 14.2 Å². The molecule has 18 heavy (non-hydrogen) atoms. The molecule has 1 aromatic carbocycles. The maximum atomic E-state index is 5.64. The van der Waals surface area contributed by atoms with Gasteiger partial charge in [0, 0.05) is 24.3 Å². The van der Waals surface area contributed by atoms with Gasteiger partial charge in [0.2, 0.25) is 5.88 Å². The summed E-state index contributed by atoms with van der Waals surface area (Å²) in [5.41, 5.74) is 0. The van der Waals surface area contributed by atoms with Gasteiger partial charge in [-0.25, -0.2) is 0 Å². The van der Waals surface area contributed by atoms with Crippen LogP contribution in [0.5, 0.6) is 23.1 Å². The molecule has 0 saturated heterocycles. The number of rotatable bonds is 4. The molecule has 0 saturated carbocycles. The van der Waals surface area contributed by atoms with Crippen molar-refractivity contribution in [2.75, 3.05) is 14.2 Å². The zero-order chi connectivity index (χ0) is 13.0. The lowest BCUT2D eigenvalue weighted by atomic mass is 10.3. The largest absolute Gasteiger partial charge is 0.496 e. The van der Waals surface area contributed by atoms with Crippen LogP contribution in [0.3, 0.4) is 0 Å². The molecule has 0 aliphatic carbocycles. The summed E-state index contributed by atoms with van der Waals surface area (Å²) in [5.74, 6) is 2.15. The van der Waals surface area contributed by atoms with Gasteiger partial charge in [-0.1, -0.05) is 11.6 Å². The second-order valence-corrected chi connectivity index (χ2v) is 3.73. The molecule has 0 fully saturated rings. The third kappa shape index (κ3) is 3.01. The Morgan fingerprint density at radius 3 is 2.00 bits per heavy atom. The zero-order valence-electron chi connectivity index (χ0n) is 9.88. The fraction of sp³-hybridized carbons (Fsp3) is 0.167. The predicted octanol–water partition coefficient (Wildman–Crippen LogP) is 2.94. The molecular weight excluding hydrogens is 256 g/mol. The first kappa shape index (κ1) is 12.4. The van der Waals surface area contributed by atoms with E-state index in [1.807, 2.05) is 0 Å². The van der Waals surface area contributed by atoms with Crippen LogP contribution in [-0.4, -0.2) is 24.4 Å². The minimum atomic E-state index is 0.311. The normalized spacial score (nSPS) is 9.94. The lowest BCUT2D eigenvalue weighted by Crippen LogP contribution is -1.92. The first-order valence-corrected chi connectivity index (χ1v) is 5.49.